The van der Waals surface area contributed by atoms with Gasteiger partial charge in [0.15, 0.2) is 5.82 Å². The predicted molar refractivity (Wildman–Crippen MR) is 135 cm³/mol. The topological polar surface area (TPSA) is 127 Å². The molecule has 1 saturated heterocycles. The molecule has 11 nitrogen and oxygen atoms in total. The number of hydrogen-bond donors (Lipinski definition) is 2. The second-order valence-electron chi connectivity index (χ2n) is 8.17. The summed E-state index contributed by atoms with van der Waals surface area (Å²) >= 11 is 0. The molecule has 0 spiro atoms. The number of para-hydroxylation sites is 3. The van der Waals surface area contributed by atoms with Crippen molar-refractivity contribution in [3.05, 3.63) is 60.4 Å². The summed E-state index contributed by atoms with van der Waals surface area (Å²) in [5.74, 6) is -0.501. The highest BCUT2D eigenvalue weighted by Gasteiger charge is 2.24. The van der Waals surface area contributed by atoms with Crippen LogP contribution in [0.15, 0.2) is 54.6 Å². The first-order valence-electron chi connectivity index (χ1n) is 11.5. The number of hydrogen-bond acceptors (Lipinski definition) is 9. The van der Waals surface area contributed by atoms with Crippen LogP contribution in [0, 0.1) is 0 Å². The zero-order valence-electron chi connectivity index (χ0n) is 19.6. The maximum absolute atomic E-state index is 13.9. The van der Waals surface area contributed by atoms with Crippen molar-refractivity contribution >= 4 is 38.6 Å². The van der Waals surface area contributed by atoms with Gasteiger partial charge in [-0.3, -0.25) is 9.29 Å². The summed E-state index contributed by atoms with van der Waals surface area (Å²) in [6.45, 7) is 1.91. The quantitative estimate of drug-likeness (QED) is 0.336. The number of fused-ring (bicyclic) bond motifs is 1. The molecule has 14 heteroatoms. The van der Waals surface area contributed by atoms with Gasteiger partial charge in [0, 0.05) is 25.3 Å². The fraction of sp³-hybridized carbons (Fsp3) is 0.304. The monoisotopic (exact) mass is 530 g/mol. The summed E-state index contributed by atoms with van der Waals surface area (Å²) in [6.07, 6.45) is -2.87. The molecule has 0 bridgehead atoms. The number of sulfonamides is 1. The van der Waals surface area contributed by atoms with Crippen molar-refractivity contribution in [2.45, 2.75) is 6.43 Å². The van der Waals surface area contributed by atoms with Crippen LogP contribution in [-0.2, 0) is 14.8 Å². The van der Waals surface area contributed by atoms with E-state index in [0.717, 1.165) is 0 Å². The average molecular weight is 531 g/mol. The number of halogens is 2. The van der Waals surface area contributed by atoms with Crippen LogP contribution in [0.1, 0.15) is 12.2 Å². The second kappa shape index (κ2) is 10.6. The van der Waals surface area contributed by atoms with E-state index in [-0.39, 0.29) is 30.1 Å². The number of ether oxygens (including phenoxy) is 1. The normalized spacial score (nSPS) is 14.3. The van der Waals surface area contributed by atoms with Gasteiger partial charge >= 0.3 is 0 Å². The summed E-state index contributed by atoms with van der Waals surface area (Å²) in [6, 6.07) is 15.2. The molecule has 0 saturated carbocycles. The van der Waals surface area contributed by atoms with E-state index in [2.05, 4.69) is 30.0 Å². The number of imidazole rings is 1. The lowest BCUT2D eigenvalue weighted by molar-refractivity contribution is 0.122. The highest BCUT2D eigenvalue weighted by Crippen LogP contribution is 2.27. The Morgan fingerprint density at radius 1 is 0.919 bits per heavy atom. The molecule has 0 unspecified atom stereocenters. The Labute approximate surface area is 211 Å². The number of nitrogens with zero attached hydrogens (tertiary/aromatic N) is 6. The molecular formula is C23H24F2N8O3S. The molecule has 0 aliphatic carbocycles. The number of rotatable bonds is 9. The van der Waals surface area contributed by atoms with Crippen LogP contribution < -0.4 is 14.9 Å². The van der Waals surface area contributed by atoms with Crippen LogP contribution in [0.25, 0.3) is 17.0 Å². The van der Waals surface area contributed by atoms with E-state index in [4.69, 9.17) is 4.74 Å². The van der Waals surface area contributed by atoms with E-state index in [9.17, 15) is 17.2 Å². The van der Waals surface area contributed by atoms with Gasteiger partial charge < -0.3 is 15.0 Å². The molecule has 1 aliphatic heterocycles. The molecule has 2 aromatic heterocycles. The molecule has 0 amide bonds. The summed E-state index contributed by atoms with van der Waals surface area (Å²) in [7, 11) is -3.66. The Balaban J connectivity index is 1.45. The highest BCUT2D eigenvalue weighted by atomic mass is 32.2. The van der Waals surface area contributed by atoms with Crippen LogP contribution in [0.5, 0.6) is 0 Å². The zero-order valence-corrected chi connectivity index (χ0v) is 20.4. The molecule has 4 aromatic rings. The lowest BCUT2D eigenvalue weighted by Gasteiger charge is -2.27. The second-order valence-corrected chi connectivity index (χ2v) is 10.0. The molecular weight excluding hydrogens is 506 g/mol. The van der Waals surface area contributed by atoms with Crippen LogP contribution in [-0.4, -0.2) is 71.5 Å². The molecule has 194 valence electrons. The molecule has 5 rings (SSSR count). The molecule has 37 heavy (non-hydrogen) atoms. The lowest BCUT2D eigenvalue weighted by Crippen LogP contribution is -2.37. The summed E-state index contributed by atoms with van der Waals surface area (Å²) in [5.41, 5.74) is 1.24. The van der Waals surface area contributed by atoms with Crippen molar-refractivity contribution in [3.8, 4) is 5.95 Å². The minimum absolute atomic E-state index is 0.0272. The minimum atomic E-state index is -3.66. The van der Waals surface area contributed by atoms with E-state index in [1.165, 1.54) is 4.57 Å². The van der Waals surface area contributed by atoms with Gasteiger partial charge in [0.05, 0.1) is 30.0 Å². The number of morpholine rings is 1. The Morgan fingerprint density at radius 3 is 2.38 bits per heavy atom. The first-order valence-corrected chi connectivity index (χ1v) is 13.2. The lowest BCUT2D eigenvalue weighted by atomic mass is 10.3. The number of alkyl halides is 2. The predicted octanol–water partition coefficient (Wildman–Crippen LogP) is 2.84. The molecule has 2 aromatic carbocycles. The van der Waals surface area contributed by atoms with Gasteiger partial charge in [-0.15, -0.1) is 0 Å². The third kappa shape index (κ3) is 5.75. The SMILES string of the molecule is O=S(=O)(CCNc1nc(N2CCOCC2)nc(-n2c(C(F)F)nc3ccccc32)n1)Nc1ccccc1. The fourth-order valence-corrected chi connectivity index (χ4v) is 4.84. The van der Waals surface area contributed by atoms with Crippen LogP contribution in [0.4, 0.5) is 26.4 Å². The number of aromatic nitrogens is 5. The van der Waals surface area contributed by atoms with Gasteiger partial charge in [-0.25, -0.2) is 22.2 Å². The fourth-order valence-electron chi connectivity index (χ4n) is 3.87. The van der Waals surface area contributed by atoms with Gasteiger partial charge in [-0.05, 0) is 24.3 Å². The molecule has 3 heterocycles. The Morgan fingerprint density at radius 2 is 1.62 bits per heavy atom. The molecule has 0 atom stereocenters. The molecule has 1 aliphatic rings. The van der Waals surface area contributed by atoms with Gasteiger partial charge in [0.1, 0.15) is 0 Å². The van der Waals surface area contributed by atoms with Gasteiger partial charge in [0.25, 0.3) is 6.43 Å². The summed E-state index contributed by atoms with van der Waals surface area (Å²) < 4.78 is 62.0. The van der Waals surface area contributed by atoms with Crippen LogP contribution in [0.3, 0.4) is 0 Å². The Kier molecular flexibility index (Phi) is 7.10. The maximum atomic E-state index is 13.9. The largest absolute Gasteiger partial charge is 0.378 e. The maximum Gasteiger partial charge on any atom is 0.296 e. The Bertz CT molecular complexity index is 1480. The van der Waals surface area contributed by atoms with Crippen molar-refractivity contribution in [2.24, 2.45) is 0 Å². The van der Waals surface area contributed by atoms with Crippen LogP contribution >= 0.6 is 0 Å². The summed E-state index contributed by atoms with van der Waals surface area (Å²) in [5, 5.41) is 2.90. The Hall–Kier alpha value is -3.91. The minimum Gasteiger partial charge on any atom is -0.378 e. The van der Waals surface area contributed by atoms with Crippen molar-refractivity contribution in [2.75, 3.05) is 53.5 Å². The number of nitrogens with one attached hydrogen (secondary N) is 2. The summed E-state index contributed by atoms with van der Waals surface area (Å²) in [4.78, 5) is 19.2. The number of anilines is 3. The molecule has 0 radical (unpaired) electrons. The van der Waals surface area contributed by atoms with Crippen molar-refractivity contribution in [3.63, 3.8) is 0 Å². The third-order valence-corrected chi connectivity index (χ3v) is 6.88. The highest BCUT2D eigenvalue weighted by molar-refractivity contribution is 7.92. The first-order chi connectivity index (χ1) is 17.9. The van der Waals surface area contributed by atoms with Crippen molar-refractivity contribution in [1.29, 1.82) is 0 Å². The van der Waals surface area contributed by atoms with Gasteiger partial charge in [-0.1, -0.05) is 30.3 Å². The van der Waals surface area contributed by atoms with Crippen molar-refractivity contribution < 1.29 is 21.9 Å². The van der Waals surface area contributed by atoms with E-state index in [1.54, 1.807) is 54.6 Å². The van der Waals surface area contributed by atoms with Crippen LogP contribution in [0.2, 0.25) is 0 Å². The van der Waals surface area contributed by atoms with E-state index in [0.29, 0.717) is 43.0 Å². The number of benzene rings is 2. The van der Waals surface area contributed by atoms with E-state index in [1.807, 2.05) is 4.90 Å². The van der Waals surface area contributed by atoms with Crippen molar-refractivity contribution in [1.82, 2.24) is 24.5 Å². The standard InChI is InChI=1S/C23H24F2N8O3S/c24-19(25)20-27-17-8-4-5-9-18(17)33(20)23-29-21(28-22(30-23)32-11-13-36-14-12-32)26-10-15-37(34,35)31-16-6-2-1-3-7-16/h1-9,19,31H,10-15H2,(H,26,28,29,30). The molecule has 1 fully saturated rings. The third-order valence-electron chi connectivity index (χ3n) is 5.59. The van der Waals surface area contributed by atoms with Gasteiger partial charge in [0.2, 0.25) is 27.9 Å². The molecule has 2 N–H and O–H groups in total. The van der Waals surface area contributed by atoms with E-state index < -0.39 is 22.3 Å². The van der Waals surface area contributed by atoms with Gasteiger partial charge in [-0.2, -0.15) is 15.0 Å². The van der Waals surface area contributed by atoms with E-state index >= 15 is 0 Å². The smallest absolute Gasteiger partial charge is 0.296 e. The zero-order chi connectivity index (χ0) is 25.8. The first kappa shape index (κ1) is 24.8. The average Bonchev–Trinajstić information content (AvgIpc) is 3.29.